The van der Waals surface area contributed by atoms with E-state index in [1.807, 2.05) is 16.0 Å². The molecule has 0 amide bonds. The molecule has 0 saturated heterocycles. The Kier molecular flexibility index (Phi) is 4.96. The van der Waals surface area contributed by atoms with Gasteiger partial charge in [0.1, 0.15) is 0 Å². The summed E-state index contributed by atoms with van der Waals surface area (Å²) < 4.78 is 2.02. The minimum atomic E-state index is 0.867. The molecule has 2 heterocycles. The lowest BCUT2D eigenvalue weighted by molar-refractivity contribution is 0.631. The van der Waals surface area contributed by atoms with Gasteiger partial charge >= 0.3 is 0 Å². The molecule has 2 aromatic rings. The highest BCUT2D eigenvalue weighted by Gasteiger charge is 2.02. The fourth-order valence-corrected chi connectivity index (χ4v) is 2.79. The summed E-state index contributed by atoms with van der Waals surface area (Å²) >= 11 is 1.88. The van der Waals surface area contributed by atoms with Gasteiger partial charge in [0.15, 0.2) is 0 Å². The van der Waals surface area contributed by atoms with Crippen molar-refractivity contribution in [2.24, 2.45) is 0 Å². The van der Waals surface area contributed by atoms with E-state index >= 15 is 0 Å². The Morgan fingerprint density at radius 2 is 2.06 bits per heavy atom. The molecular formula is C14H21N3S. The van der Waals surface area contributed by atoms with E-state index in [-0.39, 0.29) is 0 Å². The second-order valence-electron chi connectivity index (χ2n) is 4.40. The van der Waals surface area contributed by atoms with Crippen LogP contribution >= 0.6 is 11.3 Å². The molecule has 3 nitrogen and oxygen atoms in total. The van der Waals surface area contributed by atoms with Crippen LogP contribution in [0.2, 0.25) is 0 Å². The van der Waals surface area contributed by atoms with Crippen LogP contribution < -0.4 is 5.32 Å². The van der Waals surface area contributed by atoms with Crippen LogP contribution in [0.3, 0.4) is 0 Å². The van der Waals surface area contributed by atoms with E-state index in [1.54, 1.807) is 0 Å². The summed E-state index contributed by atoms with van der Waals surface area (Å²) in [5.74, 6) is 0. The smallest absolute Gasteiger partial charge is 0.0762 e. The van der Waals surface area contributed by atoms with E-state index in [0.29, 0.717) is 0 Å². The van der Waals surface area contributed by atoms with E-state index in [0.717, 1.165) is 38.2 Å². The van der Waals surface area contributed by atoms with E-state index in [1.165, 1.54) is 9.75 Å². The molecule has 0 bridgehead atoms. The molecule has 0 aliphatic rings. The van der Waals surface area contributed by atoms with Gasteiger partial charge in [0.05, 0.1) is 12.2 Å². The standard InChI is InChI=1S/C14H21N3S/c1-3-8-15-10-12-7-9-17(16-12)11-14-6-5-13(4-2)18-14/h5-7,9,15H,3-4,8,10-11H2,1-2H3. The second-order valence-corrected chi connectivity index (χ2v) is 5.66. The minimum Gasteiger partial charge on any atom is -0.311 e. The number of nitrogens with one attached hydrogen (secondary N) is 1. The number of hydrogen-bond donors (Lipinski definition) is 1. The van der Waals surface area contributed by atoms with Crippen molar-refractivity contribution in [2.75, 3.05) is 6.54 Å². The van der Waals surface area contributed by atoms with E-state index < -0.39 is 0 Å². The Balaban J connectivity index is 1.89. The summed E-state index contributed by atoms with van der Waals surface area (Å²) in [5.41, 5.74) is 1.12. The van der Waals surface area contributed by atoms with Gasteiger partial charge in [0, 0.05) is 22.5 Å². The molecule has 4 heteroatoms. The van der Waals surface area contributed by atoms with Crippen molar-refractivity contribution in [2.45, 2.75) is 39.8 Å². The van der Waals surface area contributed by atoms with Gasteiger partial charge < -0.3 is 5.32 Å². The number of aromatic nitrogens is 2. The summed E-state index contributed by atoms with van der Waals surface area (Å²) in [6, 6.07) is 6.52. The maximum Gasteiger partial charge on any atom is 0.0762 e. The molecule has 0 saturated carbocycles. The van der Waals surface area contributed by atoms with Crippen LogP contribution in [0.5, 0.6) is 0 Å². The number of aryl methyl sites for hydroxylation is 1. The van der Waals surface area contributed by atoms with Crippen LogP contribution in [0.15, 0.2) is 24.4 Å². The van der Waals surface area contributed by atoms with Crippen molar-refractivity contribution >= 4 is 11.3 Å². The number of thiophene rings is 1. The zero-order valence-electron chi connectivity index (χ0n) is 11.1. The molecule has 0 spiro atoms. The predicted molar refractivity (Wildman–Crippen MR) is 77.0 cm³/mol. The number of rotatable bonds is 7. The molecule has 2 rings (SSSR count). The van der Waals surface area contributed by atoms with Crippen molar-refractivity contribution in [1.82, 2.24) is 15.1 Å². The fraction of sp³-hybridized carbons (Fsp3) is 0.500. The third kappa shape index (κ3) is 3.68. The summed E-state index contributed by atoms with van der Waals surface area (Å²) in [7, 11) is 0. The van der Waals surface area contributed by atoms with E-state index in [2.05, 4.69) is 48.7 Å². The van der Waals surface area contributed by atoms with Crippen LogP contribution in [0.25, 0.3) is 0 Å². The molecule has 2 aromatic heterocycles. The maximum absolute atomic E-state index is 4.57. The van der Waals surface area contributed by atoms with Crippen LogP contribution in [-0.4, -0.2) is 16.3 Å². The average molecular weight is 263 g/mol. The lowest BCUT2D eigenvalue weighted by Gasteiger charge is -2.00. The van der Waals surface area contributed by atoms with Crippen molar-refractivity contribution < 1.29 is 0 Å². The molecule has 0 atom stereocenters. The zero-order valence-corrected chi connectivity index (χ0v) is 12.0. The van der Waals surface area contributed by atoms with Crippen molar-refractivity contribution in [3.8, 4) is 0 Å². The van der Waals surface area contributed by atoms with Gasteiger partial charge in [-0.2, -0.15) is 5.10 Å². The van der Waals surface area contributed by atoms with E-state index in [9.17, 15) is 0 Å². The highest BCUT2D eigenvalue weighted by atomic mass is 32.1. The molecule has 0 aliphatic carbocycles. The van der Waals surface area contributed by atoms with Crippen molar-refractivity contribution in [3.05, 3.63) is 39.8 Å². The lowest BCUT2D eigenvalue weighted by atomic mass is 10.4. The largest absolute Gasteiger partial charge is 0.311 e. The van der Waals surface area contributed by atoms with Gasteiger partial charge in [0.25, 0.3) is 0 Å². The summed E-state index contributed by atoms with van der Waals surface area (Å²) in [5, 5.41) is 7.94. The van der Waals surface area contributed by atoms with Crippen LogP contribution in [0.1, 0.15) is 35.7 Å². The number of hydrogen-bond acceptors (Lipinski definition) is 3. The van der Waals surface area contributed by atoms with Gasteiger partial charge in [0.2, 0.25) is 0 Å². The first-order chi connectivity index (χ1) is 8.81. The molecule has 0 aromatic carbocycles. The first kappa shape index (κ1) is 13.3. The first-order valence-corrected chi connectivity index (χ1v) is 7.44. The molecule has 18 heavy (non-hydrogen) atoms. The van der Waals surface area contributed by atoms with Gasteiger partial charge in [-0.1, -0.05) is 13.8 Å². The first-order valence-electron chi connectivity index (χ1n) is 6.62. The summed E-state index contributed by atoms with van der Waals surface area (Å²) in [4.78, 5) is 2.82. The second kappa shape index (κ2) is 6.71. The predicted octanol–water partition coefficient (Wildman–Crippen LogP) is 3.05. The monoisotopic (exact) mass is 263 g/mol. The molecule has 98 valence electrons. The van der Waals surface area contributed by atoms with Crippen LogP contribution in [0, 0.1) is 0 Å². The Labute approximate surface area is 113 Å². The zero-order chi connectivity index (χ0) is 12.8. The topological polar surface area (TPSA) is 29.9 Å². The lowest BCUT2D eigenvalue weighted by Crippen LogP contribution is -2.14. The van der Waals surface area contributed by atoms with Gasteiger partial charge in [-0.3, -0.25) is 4.68 Å². The maximum atomic E-state index is 4.57. The minimum absolute atomic E-state index is 0.867. The Bertz CT molecular complexity index is 473. The summed E-state index contributed by atoms with van der Waals surface area (Å²) in [6.45, 7) is 7.18. The molecule has 0 radical (unpaired) electrons. The van der Waals surface area contributed by atoms with Crippen molar-refractivity contribution in [1.29, 1.82) is 0 Å². The summed E-state index contributed by atoms with van der Waals surface area (Å²) in [6.07, 6.45) is 4.35. The fourth-order valence-electron chi connectivity index (χ4n) is 1.84. The third-order valence-electron chi connectivity index (χ3n) is 2.81. The Hall–Kier alpha value is -1.13. The quantitative estimate of drug-likeness (QED) is 0.778. The highest BCUT2D eigenvalue weighted by Crippen LogP contribution is 2.17. The van der Waals surface area contributed by atoms with Crippen LogP contribution in [0.4, 0.5) is 0 Å². The highest BCUT2D eigenvalue weighted by molar-refractivity contribution is 7.11. The van der Waals surface area contributed by atoms with Gasteiger partial charge in [-0.25, -0.2) is 0 Å². The molecule has 0 aliphatic heterocycles. The third-order valence-corrected chi connectivity index (χ3v) is 4.03. The van der Waals surface area contributed by atoms with Gasteiger partial charge in [-0.15, -0.1) is 11.3 Å². The van der Waals surface area contributed by atoms with Gasteiger partial charge in [-0.05, 0) is 37.6 Å². The van der Waals surface area contributed by atoms with Crippen molar-refractivity contribution in [3.63, 3.8) is 0 Å². The number of nitrogens with zero attached hydrogens (tertiary/aromatic N) is 2. The molecule has 0 unspecified atom stereocenters. The SMILES string of the molecule is CCCNCc1ccn(Cc2ccc(CC)s2)n1. The molecular weight excluding hydrogens is 242 g/mol. The molecule has 1 N–H and O–H groups in total. The normalized spacial score (nSPS) is 11.0. The Morgan fingerprint density at radius 3 is 2.78 bits per heavy atom. The average Bonchev–Trinajstić information content (AvgIpc) is 3.00. The van der Waals surface area contributed by atoms with Crippen LogP contribution in [-0.2, 0) is 19.5 Å². The van der Waals surface area contributed by atoms with E-state index in [4.69, 9.17) is 0 Å². The Morgan fingerprint density at radius 1 is 1.22 bits per heavy atom. The molecule has 0 fully saturated rings.